The maximum atomic E-state index is 3.14. The second-order valence-electron chi connectivity index (χ2n) is 4.54. The fraction of sp³-hybridized carbons (Fsp3) is 0.750. The highest BCUT2D eigenvalue weighted by Crippen LogP contribution is 2.31. The zero-order valence-electron chi connectivity index (χ0n) is 8.78. The summed E-state index contributed by atoms with van der Waals surface area (Å²) in [5, 5.41) is 0. The molecule has 0 unspecified atom stereocenters. The van der Waals surface area contributed by atoms with E-state index in [-0.39, 0.29) is 0 Å². The standard InChI is InChI=1S/C6H12.C6H8/c2*1-5-3-6(2)4-5/h5-6H,3-4H2,1-2H3;3H2,1-2H3. The van der Waals surface area contributed by atoms with Crippen LogP contribution in [0.25, 0.3) is 0 Å². The van der Waals surface area contributed by atoms with Crippen LogP contribution in [0.5, 0.6) is 0 Å². The van der Waals surface area contributed by atoms with Crippen LogP contribution in [0, 0.1) is 11.8 Å². The summed E-state index contributed by atoms with van der Waals surface area (Å²) in [5.41, 5.74) is 5.93. The van der Waals surface area contributed by atoms with E-state index in [9.17, 15) is 0 Å². The first-order valence-corrected chi connectivity index (χ1v) is 4.99. The van der Waals surface area contributed by atoms with Gasteiger partial charge in [0.2, 0.25) is 0 Å². The molecule has 2 aliphatic carbocycles. The summed E-state index contributed by atoms with van der Waals surface area (Å²) < 4.78 is 0. The van der Waals surface area contributed by atoms with Gasteiger partial charge >= 0.3 is 0 Å². The SMILES string of the molecule is CC1=C=C(C)C1.CC1CC(C)C1. The fourth-order valence-electron chi connectivity index (χ4n) is 2.05. The lowest BCUT2D eigenvalue weighted by Gasteiger charge is -2.28. The van der Waals surface area contributed by atoms with Crippen molar-refractivity contribution in [3.05, 3.63) is 16.9 Å². The van der Waals surface area contributed by atoms with Crippen LogP contribution in [0.3, 0.4) is 0 Å². The summed E-state index contributed by atoms with van der Waals surface area (Å²) >= 11 is 0. The van der Waals surface area contributed by atoms with Crippen molar-refractivity contribution in [3.8, 4) is 0 Å². The molecule has 0 aliphatic heterocycles. The van der Waals surface area contributed by atoms with Gasteiger partial charge in [-0.3, -0.25) is 0 Å². The first kappa shape index (κ1) is 9.61. The largest absolute Gasteiger partial charge is 0.122 e. The zero-order valence-corrected chi connectivity index (χ0v) is 8.78. The van der Waals surface area contributed by atoms with Crippen LogP contribution in [0.2, 0.25) is 0 Å². The molecule has 0 amide bonds. The van der Waals surface area contributed by atoms with Gasteiger partial charge < -0.3 is 0 Å². The van der Waals surface area contributed by atoms with Crippen LogP contribution in [0.1, 0.15) is 47.0 Å². The Balaban J connectivity index is 0.000000120. The van der Waals surface area contributed by atoms with Gasteiger partial charge in [0.15, 0.2) is 0 Å². The monoisotopic (exact) mass is 164 g/mol. The molecule has 0 nitrogen and oxygen atoms in total. The Bertz CT molecular complexity index is 192. The first-order valence-electron chi connectivity index (χ1n) is 4.99. The molecule has 0 spiro atoms. The molecule has 0 saturated heterocycles. The number of allylic oxidation sites excluding steroid dienone is 1. The van der Waals surface area contributed by atoms with Crippen molar-refractivity contribution in [2.45, 2.75) is 47.0 Å². The van der Waals surface area contributed by atoms with Gasteiger partial charge in [-0.05, 0) is 49.7 Å². The van der Waals surface area contributed by atoms with E-state index in [4.69, 9.17) is 0 Å². The van der Waals surface area contributed by atoms with Crippen LogP contribution >= 0.6 is 0 Å². The van der Waals surface area contributed by atoms with E-state index in [0.717, 1.165) is 11.8 Å². The highest BCUT2D eigenvalue weighted by Gasteiger charge is 2.19. The molecule has 2 rings (SSSR count). The fourth-order valence-corrected chi connectivity index (χ4v) is 2.05. The van der Waals surface area contributed by atoms with Crippen molar-refractivity contribution in [1.29, 1.82) is 0 Å². The predicted octanol–water partition coefficient (Wildman–Crippen LogP) is 3.93. The Morgan fingerprint density at radius 3 is 1.33 bits per heavy atom. The first-order chi connectivity index (χ1) is 5.58. The maximum absolute atomic E-state index is 3.14. The van der Waals surface area contributed by atoms with Crippen molar-refractivity contribution in [1.82, 2.24) is 0 Å². The lowest BCUT2D eigenvalue weighted by atomic mass is 9.78. The van der Waals surface area contributed by atoms with E-state index in [1.54, 1.807) is 0 Å². The van der Waals surface area contributed by atoms with E-state index in [2.05, 4.69) is 33.4 Å². The average molecular weight is 164 g/mol. The topological polar surface area (TPSA) is 0 Å². The van der Waals surface area contributed by atoms with E-state index in [1.165, 1.54) is 30.4 Å². The molecular formula is C12H20. The molecule has 0 N–H and O–H groups in total. The van der Waals surface area contributed by atoms with Gasteiger partial charge in [0.05, 0.1) is 0 Å². The van der Waals surface area contributed by atoms with Gasteiger partial charge in [0, 0.05) is 6.42 Å². The van der Waals surface area contributed by atoms with Crippen molar-refractivity contribution < 1.29 is 0 Å². The van der Waals surface area contributed by atoms with Crippen LogP contribution in [-0.4, -0.2) is 0 Å². The Morgan fingerprint density at radius 1 is 1.00 bits per heavy atom. The van der Waals surface area contributed by atoms with Crippen LogP contribution in [-0.2, 0) is 0 Å². The highest BCUT2D eigenvalue weighted by molar-refractivity contribution is 5.21. The highest BCUT2D eigenvalue weighted by atomic mass is 14.2. The van der Waals surface area contributed by atoms with Crippen LogP contribution in [0.4, 0.5) is 0 Å². The third-order valence-electron chi connectivity index (χ3n) is 2.57. The minimum absolute atomic E-state index is 1.04. The lowest BCUT2D eigenvalue weighted by molar-refractivity contribution is 0.233. The van der Waals surface area contributed by atoms with Crippen molar-refractivity contribution in [2.24, 2.45) is 11.8 Å². The Labute approximate surface area is 76.4 Å². The summed E-state index contributed by atoms with van der Waals surface area (Å²) in [6.45, 7) is 8.85. The van der Waals surface area contributed by atoms with Crippen molar-refractivity contribution in [3.63, 3.8) is 0 Å². The summed E-state index contributed by atoms with van der Waals surface area (Å²) in [4.78, 5) is 0. The average Bonchev–Trinajstić information content (AvgIpc) is 1.84. The molecule has 0 radical (unpaired) electrons. The third-order valence-corrected chi connectivity index (χ3v) is 2.57. The van der Waals surface area contributed by atoms with E-state index in [0.29, 0.717) is 0 Å². The van der Waals surface area contributed by atoms with Gasteiger partial charge in [-0.1, -0.05) is 13.8 Å². The Morgan fingerprint density at radius 2 is 1.33 bits per heavy atom. The van der Waals surface area contributed by atoms with E-state index < -0.39 is 0 Å². The van der Waals surface area contributed by atoms with E-state index >= 15 is 0 Å². The van der Waals surface area contributed by atoms with Crippen LogP contribution in [0.15, 0.2) is 16.9 Å². The summed E-state index contributed by atoms with van der Waals surface area (Å²) in [5.74, 6) is 2.08. The van der Waals surface area contributed by atoms with Crippen molar-refractivity contribution >= 4 is 0 Å². The third kappa shape index (κ3) is 2.87. The molecular weight excluding hydrogens is 144 g/mol. The van der Waals surface area contributed by atoms with Gasteiger partial charge in [0.25, 0.3) is 0 Å². The second kappa shape index (κ2) is 3.96. The van der Waals surface area contributed by atoms with E-state index in [1.807, 2.05) is 0 Å². The zero-order chi connectivity index (χ0) is 9.14. The molecule has 1 saturated carbocycles. The minimum Gasteiger partial charge on any atom is -0.122 e. The molecule has 0 bridgehead atoms. The Kier molecular flexibility index (Phi) is 3.17. The molecule has 12 heavy (non-hydrogen) atoms. The predicted molar refractivity (Wildman–Crippen MR) is 54.1 cm³/mol. The normalized spacial score (nSPS) is 31.7. The van der Waals surface area contributed by atoms with Crippen molar-refractivity contribution in [2.75, 3.05) is 0 Å². The van der Waals surface area contributed by atoms with Gasteiger partial charge in [-0.15, -0.1) is 5.73 Å². The van der Waals surface area contributed by atoms with Gasteiger partial charge in [-0.25, -0.2) is 0 Å². The quantitative estimate of drug-likeness (QED) is 0.476. The number of rotatable bonds is 0. The smallest absolute Gasteiger partial charge is 0.00384 e. The Hall–Kier alpha value is -0.480. The minimum atomic E-state index is 1.04. The maximum Gasteiger partial charge on any atom is 0.00384 e. The second-order valence-corrected chi connectivity index (χ2v) is 4.54. The van der Waals surface area contributed by atoms with Crippen LogP contribution < -0.4 is 0 Å². The molecule has 1 fully saturated rings. The summed E-state index contributed by atoms with van der Waals surface area (Å²) in [6, 6.07) is 0. The van der Waals surface area contributed by atoms with Gasteiger partial charge in [0.1, 0.15) is 0 Å². The molecule has 0 aromatic carbocycles. The lowest BCUT2D eigenvalue weighted by Crippen LogP contribution is -2.16. The number of hydrogen-bond acceptors (Lipinski definition) is 0. The summed E-state index contributed by atoms with van der Waals surface area (Å²) in [7, 11) is 0. The molecule has 0 heterocycles. The molecule has 0 aromatic rings. The van der Waals surface area contributed by atoms with Gasteiger partial charge in [-0.2, -0.15) is 0 Å². The molecule has 0 aromatic heterocycles. The molecule has 0 atom stereocenters. The molecule has 68 valence electrons. The number of hydrogen-bond donors (Lipinski definition) is 0. The molecule has 2 aliphatic rings. The molecule has 0 heteroatoms. The summed E-state index contributed by atoms with van der Waals surface area (Å²) in [6.07, 6.45) is 4.14.